The van der Waals surface area contributed by atoms with Crippen molar-refractivity contribution in [3.8, 4) is 0 Å². The predicted octanol–water partition coefficient (Wildman–Crippen LogP) is 7.21. The molecule has 2 heterocycles. The van der Waals surface area contributed by atoms with Gasteiger partial charge in [0.05, 0.1) is 18.5 Å². The van der Waals surface area contributed by atoms with Crippen LogP contribution in [0.4, 0.5) is 0 Å². The van der Waals surface area contributed by atoms with Crippen LogP contribution in [0.1, 0.15) is 60.7 Å². The summed E-state index contributed by atoms with van der Waals surface area (Å²) in [6, 6.07) is 17.1. The van der Waals surface area contributed by atoms with E-state index >= 15 is 0 Å². The number of benzene rings is 2. The molecule has 2 unspecified atom stereocenters. The Morgan fingerprint density at radius 3 is 2.50 bits per heavy atom. The topological polar surface area (TPSA) is 40.6 Å². The molecule has 2 atom stereocenters. The minimum atomic E-state index is -0.302. The van der Waals surface area contributed by atoms with Gasteiger partial charge in [-0.2, -0.15) is 0 Å². The Labute approximate surface area is 227 Å². The van der Waals surface area contributed by atoms with E-state index in [-0.39, 0.29) is 36.2 Å². The fourth-order valence-corrected chi connectivity index (χ4v) is 6.45. The highest BCUT2D eigenvalue weighted by molar-refractivity contribution is 7.10. The van der Waals surface area contributed by atoms with Crippen LogP contribution in [0.5, 0.6) is 0 Å². The number of nitrogens with zero attached hydrogens (tertiary/aromatic N) is 2. The second-order valence-corrected chi connectivity index (χ2v) is 11.5. The number of hydrogen-bond donors (Lipinski definition) is 0. The molecule has 4 rings (SSSR count). The minimum Gasteiger partial charge on any atom is -0.333 e. The number of hydrogen-bond acceptors (Lipinski definition) is 3. The summed E-state index contributed by atoms with van der Waals surface area (Å²) in [5.74, 6) is -0.106. The van der Waals surface area contributed by atoms with Crippen molar-refractivity contribution in [2.24, 2.45) is 5.92 Å². The van der Waals surface area contributed by atoms with Gasteiger partial charge in [-0.3, -0.25) is 9.59 Å². The Kier molecular flexibility index (Phi) is 8.76. The summed E-state index contributed by atoms with van der Waals surface area (Å²) >= 11 is 14.5. The fourth-order valence-electron chi connectivity index (χ4n) is 5.03. The molecular formula is C29H32Cl2N2O2S. The van der Waals surface area contributed by atoms with Crippen LogP contribution in [0, 0.1) is 5.92 Å². The van der Waals surface area contributed by atoms with Gasteiger partial charge in [-0.25, -0.2) is 0 Å². The lowest BCUT2D eigenvalue weighted by atomic mass is 9.92. The van der Waals surface area contributed by atoms with Gasteiger partial charge in [0.25, 0.3) is 0 Å². The molecule has 0 radical (unpaired) electrons. The van der Waals surface area contributed by atoms with E-state index in [2.05, 4.69) is 25.3 Å². The molecule has 1 aliphatic rings. The van der Waals surface area contributed by atoms with Gasteiger partial charge in [0.15, 0.2) is 0 Å². The zero-order valence-electron chi connectivity index (χ0n) is 20.9. The number of carbonyl (C=O) groups is 2. The number of amides is 2. The first kappa shape index (κ1) is 26.7. The van der Waals surface area contributed by atoms with E-state index in [0.717, 1.165) is 23.1 Å². The highest BCUT2D eigenvalue weighted by atomic mass is 35.5. The summed E-state index contributed by atoms with van der Waals surface area (Å²) in [6.07, 6.45) is 1.47. The molecule has 4 nitrogen and oxygen atoms in total. The molecule has 1 aromatic heterocycles. The summed E-state index contributed by atoms with van der Waals surface area (Å²) in [5, 5.41) is 3.16. The molecule has 0 fully saturated rings. The third-order valence-corrected chi connectivity index (χ3v) is 8.23. The lowest BCUT2D eigenvalue weighted by molar-refractivity contribution is -0.143. The molecule has 3 aromatic rings. The van der Waals surface area contributed by atoms with Crippen LogP contribution in [-0.2, 0) is 16.0 Å². The molecule has 0 N–H and O–H groups in total. The van der Waals surface area contributed by atoms with Crippen LogP contribution < -0.4 is 0 Å². The van der Waals surface area contributed by atoms with Gasteiger partial charge in [0, 0.05) is 28.0 Å². The normalized spacial score (nSPS) is 16.1. The van der Waals surface area contributed by atoms with Gasteiger partial charge in [0.1, 0.15) is 0 Å². The van der Waals surface area contributed by atoms with Crippen molar-refractivity contribution in [1.29, 1.82) is 0 Å². The van der Waals surface area contributed by atoms with Crippen molar-refractivity contribution in [1.82, 2.24) is 9.80 Å². The van der Waals surface area contributed by atoms with Crippen molar-refractivity contribution >= 4 is 46.4 Å². The van der Waals surface area contributed by atoms with Gasteiger partial charge >= 0.3 is 0 Å². The van der Waals surface area contributed by atoms with Crippen LogP contribution in [0.3, 0.4) is 0 Å². The molecular weight excluding hydrogens is 511 g/mol. The Balaban J connectivity index is 1.64. The standard InChI is InChI=1S/C29H32Cl2N2O2S/c1-4-22(20-8-6-5-7-9-20)29(35)32(17-19(2)3)18-27(34)33-14-12-26-24(13-15-36-26)28(33)23-11-10-21(30)16-25(23)31/h5-11,13,15-16,19,22,28H,4,12,14,17-18H2,1-3H3. The SMILES string of the molecule is CCC(C(=O)N(CC(=O)N1CCc2sccc2C1c1ccc(Cl)cc1Cl)CC(C)C)c1ccccc1. The van der Waals surface area contributed by atoms with E-state index in [1.54, 1.807) is 22.3 Å². The Morgan fingerprint density at radius 2 is 1.83 bits per heavy atom. The minimum absolute atomic E-state index is 0.0000529. The first-order valence-electron chi connectivity index (χ1n) is 12.4. The Hall–Kier alpha value is -2.34. The summed E-state index contributed by atoms with van der Waals surface area (Å²) in [6.45, 7) is 7.31. The summed E-state index contributed by atoms with van der Waals surface area (Å²) in [4.78, 5) is 32.5. The maximum atomic E-state index is 13.9. The van der Waals surface area contributed by atoms with E-state index in [4.69, 9.17) is 23.2 Å². The number of thiophene rings is 1. The number of rotatable bonds is 8. The zero-order chi connectivity index (χ0) is 25.8. The molecule has 36 heavy (non-hydrogen) atoms. The molecule has 2 amide bonds. The molecule has 2 aromatic carbocycles. The van der Waals surface area contributed by atoms with Crippen molar-refractivity contribution in [3.05, 3.63) is 91.6 Å². The highest BCUT2D eigenvalue weighted by Crippen LogP contribution is 2.41. The third kappa shape index (κ3) is 5.80. The Morgan fingerprint density at radius 1 is 1.08 bits per heavy atom. The first-order valence-corrected chi connectivity index (χ1v) is 14.1. The van der Waals surface area contributed by atoms with Crippen LogP contribution in [0.25, 0.3) is 0 Å². The van der Waals surface area contributed by atoms with Crippen LogP contribution >= 0.6 is 34.5 Å². The second kappa shape index (κ2) is 11.8. The van der Waals surface area contributed by atoms with E-state index in [9.17, 15) is 9.59 Å². The third-order valence-electron chi connectivity index (χ3n) is 6.67. The maximum Gasteiger partial charge on any atom is 0.242 e. The van der Waals surface area contributed by atoms with Gasteiger partial charge < -0.3 is 9.80 Å². The second-order valence-electron chi connectivity index (χ2n) is 9.69. The lowest BCUT2D eigenvalue weighted by Gasteiger charge is -2.38. The average molecular weight is 544 g/mol. The maximum absolute atomic E-state index is 13.9. The zero-order valence-corrected chi connectivity index (χ0v) is 23.2. The molecule has 190 valence electrons. The number of fused-ring (bicyclic) bond motifs is 1. The van der Waals surface area contributed by atoms with Gasteiger partial charge in [-0.05, 0) is 59.0 Å². The van der Waals surface area contributed by atoms with Crippen LogP contribution in [0.15, 0.2) is 60.0 Å². The predicted molar refractivity (Wildman–Crippen MR) is 149 cm³/mol. The van der Waals surface area contributed by atoms with Crippen molar-refractivity contribution in [3.63, 3.8) is 0 Å². The van der Waals surface area contributed by atoms with Crippen LogP contribution in [0.2, 0.25) is 10.0 Å². The molecule has 0 aliphatic carbocycles. The van der Waals surface area contributed by atoms with Crippen LogP contribution in [-0.4, -0.2) is 41.2 Å². The summed E-state index contributed by atoms with van der Waals surface area (Å²) in [7, 11) is 0. The average Bonchev–Trinajstić information content (AvgIpc) is 3.33. The van der Waals surface area contributed by atoms with E-state index in [0.29, 0.717) is 29.6 Å². The smallest absolute Gasteiger partial charge is 0.242 e. The number of halogens is 2. The fraction of sp³-hybridized carbons (Fsp3) is 0.379. The lowest BCUT2D eigenvalue weighted by Crippen LogP contribution is -2.48. The molecule has 0 saturated heterocycles. The summed E-state index contributed by atoms with van der Waals surface area (Å²) in [5.41, 5.74) is 2.94. The number of carbonyl (C=O) groups excluding carboxylic acids is 2. The Bertz CT molecular complexity index is 1210. The molecule has 1 aliphatic heterocycles. The quantitative estimate of drug-likeness (QED) is 0.301. The van der Waals surface area contributed by atoms with E-state index in [1.807, 2.05) is 54.3 Å². The molecule has 0 saturated carbocycles. The molecule has 0 bridgehead atoms. The monoisotopic (exact) mass is 542 g/mol. The summed E-state index contributed by atoms with van der Waals surface area (Å²) < 4.78 is 0. The van der Waals surface area contributed by atoms with Gasteiger partial charge in [0.2, 0.25) is 11.8 Å². The van der Waals surface area contributed by atoms with Crippen molar-refractivity contribution < 1.29 is 9.59 Å². The largest absolute Gasteiger partial charge is 0.333 e. The van der Waals surface area contributed by atoms with Crippen molar-refractivity contribution in [2.75, 3.05) is 19.6 Å². The van der Waals surface area contributed by atoms with Crippen molar-refractivity contribution in [2.45, 2.75) is 45.6 Å². The van der Waals surface area contributed by atoms with Gasteiger partial charge in [-0.1, -0.05) is 80.4 Å². The highest BCUT2D eigenvalue weighted by Gasteiger charge is 2.36. The van der Waals surface area contributed by atoms with Gasteiger partial charge in [-0.15, -0.1) is 11.3 Å². The van der Waals surface area contributed by atoms with E-state index < -0.39 is 0 Å². The van der Waals surface area contributed by atoms with E-state index in [1.165, 1.54) is 4.88 Å². The first-order chi connectivity index (χ1) is 17.3. The molecule has 0 spiro atoms. The molecule has 7 heteroatoms.